The highest BCUT2D eigenvalue weighted by molar-refractivity contribution is 6.99. The molecule has 0 fully saturated rings. The van der Waals surface area contributed by atoms with Crippen molar-refractivity contribution in [1.29, 1.82) is 0 Å². The van der Waals surface area contributed by atoms with Gasteiger partial charge in [-0.2, -0.15) is 8.75 Å². The molecule has 0 amide bonds. The van der Waals surface area contributed by atoms with E-state index in [-0.39, 0.29) is 6.04 Å². The highest BCUT2D eigenvalue weighted by Gasteiger charge is 2.19. The Balaban J connectivity index is 2.32. The van der Waals surface area contributed by atoms with Crippen molar-refractivity contribution in [2.45, 2.75) is 26.3 Å². The number of hydrogen-bond acceptors (Lipinski definition) is 5. The molecule has 1 heterocycles. The zero-order valence-electron chi connectivity index (χ0n) is 11.3. The summed E-state index contributed by atoms with van der Waals surface area (Å²) in [5.74, 6) is 0.909. The van der Waals surface area contributed by atoms with Crippen LogP contribution in [-0.2, 0) is 0 Å². The maximum absolute atomic E-state index is 5.71. The number of benzene rings is 1. The third-order valence-electron chi connectivity index (χ3n) is 2.80. The van der Waals surface area contributed by atoms with Gasteiger partial charge in [-0.1, -0.05) is 25.1 Å². The topological polar surface area (TPSA) is 47.0 Å². The molecule has 0 aliphatic heterocycles. The van der Waals surface area contributed by atoms with E-state index in [1.807, 2.05) is 31.3 Å². The summed E-state index contributed by atoms with van der Waals surface area (Å²) in [6, 6.07) is 8.14. The summed E-state index contributed by atoms with van der Waals surface area (Å²) in [6.45, 7) is 5.74. The van der Waals surface area contributed by atoms with Gasteiger partial charge in [0.25, 0.3) is 0 Å². The minimum atomic E-state index is 0.0430. The van der Waals surface area contributed by atoms with Crippen molar-refractivity contribution in [3.05, 3.63) is 41.7 Å². The van der Waals surface area contributed by atoms with E-state index in [4.69, 9.17) is 4.74 Å². The van der Waals surface area contributed by atoms with Crippen LogP contribution in [0.25, 0.3) is 0 Å². The van der Waals surface area contributed by atoms with Gasteiger partial charge in [0, 0.05) is 5.56 Å². The molecule has 5 heteroatoms. The summed E-state index contributed by atoms with van der Waals surface area (Å²) in [6.07, 6.45) is 2.89. The zero-order valence-corrected chi connectivity index (χ0v) is 12.1. The molecule has 1 aromatic carbocycles. The summed E-state index contributed by atoms with van der Waals surface area (Å²) in [7, 11) is 0. The van der Waals surface area contributed by atoms with Crippen molar-refractivity contribution < 1.29 is 4.74 Å². The van der Waals surface area contributed by atoms with Crippen LogP contribution >= 0.6 is 11.7 Å². The first-order chi connectivity index (χ1) is 9.36. The van der Waals surface area contributed by atoms with Crippen LogP contribution in [0.4, 0.5) is 0 Å². The zero-order chi connectivity index (χ0) is 13.5. The van der Waals surface area contributed by atoms with E-state index in [1.165, 1.54) is 11.7 Å². The van der Waals surface area contributed by atoms with Crippen LogP contribution in [0.15, 0.2) is 30.5 Å². The average molecular weight is 277 g/mol. The molecule has 0 aliphatic carbocycles. The molecule has 2 rings (SSSR count). The minimum absolute atomic E-state index is 0.0430. The molecule has 0 spiro atoms. The predicted molar refractivity (Wildman–Crippen MR) is 77.7 cm³/mol. The van der Waals surface area contributed by atoms with E-state index in [0.29, 0.717) is 6.61 Å². The molecule has 0 saturated carbocycles. The van der Waals surface area contributed by atoms with Crippen LogP contribution in [0.1, 0.15) is 37.6 Å². The van der Waals surface area contributed by atoms with Crippen LogP contribution in [0.3, 0.4) is 0 Å². The SMILES string of the molecule is CCCNC(c1cnsn1)c1ccccc1OCC. The molecule has 102 valence electrons. The second kappa shape index (κ2) is 7.21. The number of para-hydroxylation sites is 1. The highest BCUT2D eigenvalue weighted by atomic mass is 32.1. The van der Waals surface area contributed by atoms with E-state index < -0.39 is 0 Å². The third-order valence-corrected chi connectivity index (χ3v) is 3.29. The van der Waals surface area contributed by atoms with Gasteiger partial charge >= 0.3 is 0 Å². The Morgan fingerprint density at radius 3 is 2.84 bits per heavy atom. The van der Waals surface area contributed by atoms with Gasteiger partial charge in [0.15, 0.2) is 0 Å². The lowest BCUT2D eigenvalue weighted by molar-refractivity contribution is 0.333. The van der Waals surface area contributed by atoms with Gasteiger partial charge in [0.1, 0.15) is 5.75 Å². The first kappa shape index (κ1) is 14.0. The van der Waals surface area contributed by atoms with E-state index in [2.05, 4.69) is 27.1 Å². The van der Waals surface area contributed by atoms with Gasteiger partial charge in [0.2, 0.25) is 0 Å². The van der Waals surface area contributed by atoms with Crippen LogP contribution in [0.5, 0.6) is 5.75 Å². The van der Waals surface area contributed by atoms with Crippen LogP contribution in [0.2, 0.25) is 0 Å². The predicted octanol–water partition coefficient (Wildman–Crippen LogP) is 3.03. The number of hydrogen-bond donors (Lipinski definition) is 1. The minimum Gasteiger partial charge on any atom is -0.494 e. The second-order valence-corrected chi connectivity index (χ2v) is 4.75. The maximum Gasteiger partial charge on any atom is 0.124 e. The van der Waals surface area contributed by atoms with E-state index in [9.17, 15) is 0 Å². The molecule has 4 nitrogen and oxygen atoms in total. The molecule has 2 aromatic rings. The lowest BCUT2D eigenvalue weighted by Gasteiger charge is -2.19. The Kier molecular flexibility index (Phi) is 5.30. The van der Waals surface area contributed by atoms with Crippen LogP contribution in [0, 0.1) is 0 Å². The highest BCUT2D eigenvalue weighted by Crippen LogP contribution is 2.29. The van der Waals surface area contributed by atoms with Crippen molar-refractivity contribution >= 4 is 11.7 Å². The summed E-state index contributed by atoms with van der Waals surface area (Å²) < 4.78 is 14.2. The second-order valence-electron chi connectivity index (χ2n) is 4.19. The molecule has 0 radical (unpaired) electrons. The lowest BCUT2D eigenvalue weighted by atomic mass is 10.0. The van der Waals surface area contributed by atoms with Gasteiger partial charge in [-0.25, -0.2) is 0 Å². The summed E-state index contributed by atoms with van der Waals surface area (Å²) in [5.41, 5.74) is 2.07. The monoisotopic (exact) mass is 277 g/mol. The normalized spacial score (nSPS) is 12.3. The number of nitrogens with one attached hydrogen (secondary N) is 1. The Bertz CT molecular complexity index is 487. The number of ether oxygens (including phenoxy) is 1. The van der Waals surface area contributed by atoms with Crippen molar-refractivity contribution in [2.24, 2.45) is 0 Å². The first-order valence-electron chi connectivity index (χ1n) is 6.59. The molecule has 1 unspecified atom stereocenters. The number of aromatic nitrogens is 2. The molecule has 1 N–H and O–H groups in total. The van der Waals surface area contributed by atoms with Gasteiger partial charge in [-0.3, -0.25) is 0 Å². The fraction of sp³-hybridized carbons (Fsp3) is 0.429. The fourth-order valence-corrected chi connectivity index (χ4v) is 2.42. The Labute approximate surface area is 118 Å². The molecular weight excluding hydrogens is 258 g/mol. The average Bonchev–Trinajstić information content (AvgIpc) is 2.95. The van der Waals surface area contributed by atoms with Crippen LogP contribution < -0.4 is 10.1 Å². The maximum atomic E-state index is 5.71. The molecule has 0 bridgehead atoms. The Hall–Kier alpha value is -1.46. The summed E-state index contributed by atoms with van der Waals surface area (Å²) in [5, 5.41) is 3.51. The molecule has 0 saturated heterocycles. The third kappa shape index (κ3) is 3.52. The largest absolute Gasteiger partial charge is 0.494 e. The van der Waals surface area contributed by atoms with E-state index in [1.54, 1.807) is 0 Å². The van der Waals surface area contributed by atoms with Gasteiger partial charge in [-0.05, 0) is 26.0 Å². The number of rotatable bonds is 7. The smallest absolute Gasteiger partial charge is 0.124 e. The van der Waals surface area contributed by atoms with Crippen molar-refractivity contribution in [3.63, 3.8) is 0 Å². The molecule has 19 heavy (non-hydrogen) atoms. The molecule has 1 atom stereocenters. The Morgan fingerprint density at radius 2 is 2.16 bits per heavy atom. The van der Waals surface area contributed by atoms with E-state index >= 15 is 0 Å². The van der Waals surface area contributed by atoms with Crippen molar-refractivity contribution in [2.75, 3.05) is 13.2 Å². The van der Waals surface area contributed by atoms with E-state index in [0.717, 1.165) is 30.0 Å². The first-order valence-corrected chi connectivity index (χ1v) is 7.32. The van der Waals surface area contributed by atoms with Crippen LogP contribution in [-0.4, -0.2) is 21.9 Å². The fourth-order valence-electron chi connectivity index (χ4n) is 1.97. The summed E-state index contributed by atoms with van der Waals surface area (Å²) >= 11 is 1.23. The Morgan fingerprint density at radius 1 is 1.32 bits per heavy atom. The quantitative estimate of drug-likeness (QED) is 0.845. The van der Waals surface area contributed by atoms with Gasteiger partial charge in [0.05, 0.1) is 36.3 Å². The molecular formula is C14H19N3OS. The number of nitrogens with zero attached hydrogens (tertiary/aromatic N) is 2. The summed E-state index contributed by atoms with van der Waals surface area (Å²) in [4.78, 5) is 0. The lowest BCUT2D eigenvalue weighted by Crippen LogP contribution is -2.24. The standard InChI is InChI=1S/C14H19N3OS/c1-3-9-15-14(12-10-16-19-17-12)11-7-5-6-8-13(11)18-4-2/h5-8,10,14-15H,3-4,9H2,1-2H3. The molecule has 1 aromatic heterocycles. The molecule has 0 aliphatic rings. The van der Waals surface area contributed by atoms with Gasteiger partial charge in [-0.15, -0.1) is 0 Å². The van der Waals surface area contributed by atoms with Gasteiger partial charge < -0.3 is 10.1 Å². The van der Waals surface area contributed by atoms with Crippen molar-refractivity contribution in [3.8, 4) is 5.75 Å². The van der Waals surface area contributed by atoms with Crippen molar-refractivity contribution in [1.82, 2.24) is 14.1 Å².